The van der Waals surface area contributed by atoms with Gasteiger partial charge in [0.15, 0.2) is 6.61 Å². The largest absolute Gasteiger partial charge is 0.483 e. The number of hydrogen-bond donors (Lipinski definition) is 0. The topological polar surface area (TPSA) is 35.5 Å². The van der Waals surface area contributed by atoms with Crippen molar-refractivity contribution in [3.05, 3.63) is 28.8 Å². The molecule has 1 rings (SSSR count). The average molecular weight is 269 g/mol. The highest BCUT2D eigenvalue weighted by Crippen LogP contribution is 2.27. The molecule has 1 aromatic carbocycles. The zero-order valence-corrected chi connectivity index (χ0v) is 9.43. The van der Waals surface area contributed by atoms with Gasteiger partial charge in [-0.1, -0.05) is 11.6 Å². The standard InChI is InChI=1S/C10H8ClF3O3/c1-16-9(15)6-2-3-8(7(11)4-6)17-5-10(12,13)14/h2-4H,5H2,1H3. The molecule has 0 fully saturated rings. The van der Waals surface area contributed by atoms with Crippen LogP contribution in [0.5, 0.6) is 5.75 Å². The third kappa shape index (κ3) is 4.14. The summed E-state index contributed by atoms with van der Waals surface area (Å²) in [5.41, 5.74) is 0.136. The Morgan fingerprint density at radius 1 is 1.41 bits per heavy atom. The van der Waals surface area contributed by atoms with E-state index in [0.29, 0.717) is 0 Å². The van der Waals surface area contributed by atoms with Crippen LogP contribution in [0.1, 0.15) is 10.4 Å². The van der Waals surface area contributed by atoms with E-state index in [2.05, 4.69) is 9.47 Å². The van der Waals surface area contributed by atoms with Gasteiger partial charge in [0.2, 0.25) is 0 Å². The molecule has 0 aliphatic carbocycles. The van der Waals surface area contributed by atoms with Gasteiger partial charge in [0, 0.05) is 0 Å². The minimum atomic E-state index is -4.44. The smallest absolute Gasteiger partial charge is 0.422 e. The van der Waals surface area contributed by atoms with Gasteiger partial charge in [0.1, 0.15) is 5.75 Å². The molecule has 94 valence electrons. The van der Waals surface area contributed by atoms with Crippen LogP contribution in [0.2, 0.25) is 5.02 Å². The molecule has 0 aliphatic heterocycles. The first kappa shape index (κ1) is 13.6. The van der Waals surface area contributed by atoms with Crippen molar-refractivity contribution >= 4 is 17.6 Å². The summed E-state index contributed by atoms with van der Waals surface area (Å²) in [4.78, 5) is 11.1. The van der Waals surface area contributed by atoms with E-state index < -0.39 is 18.8 Å². The lowest BCUT2D eigenvalue weighted by atomic mass is 10.2. The van der Waals surface area contributed by atoms with Gasteiger partial charge in [0.25, 0.3) is 0 Å². The summed E-state index contributed by atoms with van der Waals surface area (Å²) >= 11 is 5.66. The maximum Gasteiger partial charge on any atom is 0.422 e. The highest BCUT2D eigenvalue weighted by molar-refractivity contribution is 6.32. The molecule has 7 heteroatoms. The molecule has 0 radical (unpaired) electrons. The Bertz CT molecular complexity index is 418. The number of hydrogen-bond acceptors (Lipinski definition) is 3. The summed E-state index contributed by atoms with van der Waals surface area (Å²) in [6.45, 7) is -1.44. The highest BCUT2D eigenvalue weighted by Gasteiger charge is 2.28. The Labute approximate surface area is 100 Å². The summed E-state index contributed by atoms with van der Waals surface area (Å²) in [5.74, 6) is -0.772. The number of carbonyl (C=O) groups excluding carboxylic acids is 1. The summed E-state index contributed by atoms with van der Waals surface area (Å²) in [6.07, 6.45) is -4.44. The third-order valence-corrected chi connectivity index (χ3v) is 2.04. The van der Waals surface area contributed by atoms with Gasteiger partial charge in [-0.15, -0.1) is 0 Å². The summed E-state index contributed by atoms with van der Waals surface area (Å²) in [5, 5.41) is -0.0860. The van der Waals surface area contributed by atoms with Crippen molar-refractivity contribution < 1.29 is 27.4 Å². The quantitative estimate of drug-likeness (QED) is 0.791. The number of ether oxygens (including phenoxy) is 2. The average Bonchev–Trinajstić information content (AvgIpc) is 2.25. The molecule has 0 amide bonds. The molecular weight excluding hydrogens is 261 g/mol. The summed E-state index contributed by atoms with van der Waals surface area (Å²) in [6, 6.07) is 3.63. The second-order valence-corrected chi connectivity index (χ2v) is 3.45. The van der Waals surface area contributed by atoms with E-state index in [9.17, 15) is 18.0 Å². The lowest BCUT2D eigenvalue weighted by Gasteiger charge is -2.10. The van der Waals surface area contributed by atoms with Crippen molar-refractivity contribution in [3.8, 4) is 5.75 Å². The minimum absolute atomic E-state index is 0.0860. The lowest BCUT2D eigenvalue weighted by molar-refractivity contribution is -0.153. The van der Waals surface area contributed by atoms with Crippen LogP contribution in [0, 0.1) is 0 Å². The lowest BCUT2D eigenvalue weighted by Crippen LogP contribution is -2.19. The van der Waals surface area contributed by atoms with E-state index in [1.165, 1.54) is 25.3 Å². The molecule has 0 saturated carbocycles. The molecule has 1 aromatic rings. The van der Waals surface area contributed by atoms with Gasteiger partial charge in [-0.05, 0) is 18.2 Å². The van der Waals surface area contributed by atoms with Crippen molar-refractivity contribution in [3.63, 3.8) is 0 Å². The zero-order valence-electron chi connectivity index (χ0n) is 8.68. The number of alkyl halides is 3. The van der Waals surface area contributed by atoms with Crippen LogP contribution < -0.4 is 4.74 Å². The molecule has 0 aromatic heterocycles. The number of carbonyl (C=O) groups is 1. The fourth-order valence-electron chi connectivity index (χ4n) is 1.02. The van der Waals surface area contributed by atoms with Crippen LogP contribution in [0.25, 0.3) is 0 Å². The first-order valence-corrected chi connectivity index (χ1v) is 4.78. The van der Waals surface area contributed by atoms with E-state index in [4.69, 9.17) is 11.6 Å². The van der Waals surface area contributed by atoms with Crippen LogP contribution in [0.4, 0.5) is 13.2 Å². The number of methoxy groups -OCH3 is 1. The maximum atomic E-state index is 11.9. The van der Waals surface area contributed by atoms with E-state index in [-0.39, 0.29) is 16.3 Å². The number of rotatable bonds is 3. The molecule has 0 unspecified atom stereocenters. The van der Waals surface area contributed by atoms with Crippen LogP contribution in [0.15, 0.2) is 18.2 Å². The Balaban J connectivity index is 2.80. The van der Waals surface area contributed by atoms with Crippen LogP contribution in [-0.4, -0.2) is 25.9 Å². The van der Waals surface area contributed by atoms with Crippen LogP contribution >= 0.6 is 11.6 Å². The Morgan fingerprint density at radius 3 is 2.53 bits per heavy atom. The minimum Gasteiger partial charge on any atom is -0.483 e. The fourth-order valence-corrected chi connectivity index (χ4v) is 1.26. The van der Waals surface area contributed by atoms with Gasteiger partial charge in [-0.25, -0.2) is 4.79 Å². The molecular formula is C10H8ClF3O3. The Morgan fingerprint density at radius 2 is 2.06 bits per heavy atom. The van der Waals surface area contributed by atoms with Gasteiger partial charge in [-0.2, -0.15) is 13.2 Å². The van der Waals surface area contributed by atoms with E-state index in [1.54, 1.807) is 0 Å². The molecule has 0 N–H and O–H groups in total. The molecule has 0 aliphatic rings. The highest BCUT2D eigenvalue weighted by atomic mass is 35.5. The Kier molecular flexibility index (Phi) is 4.22. The molecule has 17 heavy (non-hydrogen) atoms. The van der Waals surface area contributed by atoms with Gasteiger partial charge >= 0.3 is 12.1 Å². The van der Waals surface area contributed by atoms with Crippen LogP contribution in [0.3, 0.4) is 0 Å². The van der Waals surface area contributed by atoms with Crippen molar-refractivity contribution in [2.24, 2.45) is 0 Å². The predicted molar refractivity (Wildman–Crippen MR) is 54.3 cm³/mol. The fraction of sp³-hybridized carbons (Fsp3) is 0.300. The normalized spacial score (nSPS) is 11.1. The molecule has 0 atom stereocenters. The zero-order chi connectivity index (χ0) is 13.1. The van der Waals surface area contributed by atoms with Crippen molar-refractivity contribution in [1.29, 1.82) is 0 Å². The van der Waals surface area contributed by atoms with Crippen LogP contribution in [-0.2, 0) is 4.74 Å². The van der Waals surface area contributed by atoms with E-state index in [0.717, 1.165) is 0 Å². The second-order valence-electron chi connectivity index (χ2n) is 3.04. The number of esters is 1. The second kappa shape index (κ2) is 5.27. The third-order valence-electron chi connectivity index (χ3n) is 1.74. The van der Waals surface area contributed by atoms with Gasteiger partial charge in [0.05, 0.1) is 17.7 Å². The van der Waals surface area contributed by atoms with E-state index in [1.807, 2.05) is 0 Å². The van der Waals surface area contributed by atoms with Crippen molar-refractivity contribution in [1.82, 2.24) is 0 Å². The van der Waals surface area contributed by atoms with Gasteiger partial charge < -0.3 is 9.47 Å². The monoisotopic (exact) mass is 268 g/mol. The first-order valence-electron chi connectivity index (χ1n) is 4.41. The maximum absolute atomic E-state index is 11.9. The van der Waals surface area contributed by atoms with Gasteiger partial charge in [-0.3, -0.25) is 0 Å². The summed E-state index contributed by atoms with van der Waals surface area (Å²) in [7, 11) is 1.18. The van der Waals surface area contributed by atoms with E-state index >= 15 is 0 Å². The summed E-state index contributed by atoms with van der Waals surface area (Å²) < 4.78 is 44.6. The molecule has 0 saturated heterocycles. The molecule has 0 spiro atoms. The van der Waals surface area contributed by atoms with Crippen molar-refractivity contribution in [2.75, 3.05) is 13.7 Å². The Hall–Kier alpha value is -1.43. The number of benzene rings is 1. The molecule has 3 nitrogen and oxygen atoms in total. The predicted octanol–water partition coefficient (Wildman–Crippen LogP) is 3.07. The molecule has 0 heterocycles. The number of halogens is 4. The van der Waals surface area contributed by atoms with Crippen molar-refractivity contribution in [2.45, 2.75) is 6.18 Å². The molecule has 0 bridgehead atoms. The first-order chi connectivity index (χ1) is 7.83. The SMILES string of the molecule is COC(=O)c1ccc(OCC(F)(F)F)c(Cl)c1.